The van der Waals surface area contributed by atoms with Crippen LogP contribution in [0.15, 0.2) is 18.2 Å². The summed E-state index contributed by atoms with van der Waals surface area (Å²) in [6.07, 6.45) is 3.81. The van der Waals surface area contributed by atoms with Crippen LogP contribution in [0, 0.1) is 11.7 Å². The number of imidazole rings is 1. The van der Waals surface area contributed by atoms with Gasteiger partial charge in [0.05, 0.1) is 16.9 Å². The minimum absolute atomic E-state index is 0.216. The van der Waals surface area contributed by atoms with E-state index in [9.17, 15) is 4.39 Å². The number of hydrogen-bond acceptors (Lipinski definition) is 1. The summed E-state index contributed by atoms with van der Waals surface area (Å²) in [7, 11) is 0. The van der Waals surface area contributed by atoms with Crippen molar-refractivity contribution in [1.82, 2.24) is 9.55 Å². The van der Waals surface area contributed by atoms with Crippen LogP contribution in [-0.4, -0.2) is 9.55 Å². The highest BCUT2D eigenvalue weighted by Crippen LogP contribution is 2.33. The largest absolute Gasteiger partial charge is 0.327 e. The molecule has 3 rings (SSSR count). The quantitative estimate of drug-likeness (QED) is 0.759. The van der Waals surface area contributed by atoms with E-state index in [1.165, 1.54) is 18.9 Å². The van der Waals surface area contributed by atoms with Crippen molar-refractivity contribution in [3.8, 4) is 0 Å². The molecule has 1 heterocycles. The number of aromatic nitrogens is 2. The molecule has 0 aliphatic heterocycles. The summed E-state index contributed by atoms with van der Waals surface area (Å²) in [5.41, 5.74) is 1.69. The van der Waals surface area contributed by atoms with Crippen molar-refractivity contribution in [2.24, 2.45) is 5.92 Å². The van der Waals surface area contributed by atoms with E-state index in [-0.39, 0.29) is 5.82 Å². The van der Waals surface area contributed by atoms with Crippen LogP contribution in [0.4, 0.5) is 4.39 Å². The number of nitrogens with zero attached hydrogens (tertiary/aromatic N) is 2. The molecule has 4 heteroatoms. The molecule has 1 saturated carbocycles. The lowest BCUT2D eigenvalue weighted by Gasteiger charge is -2.06. The van der Waals surface area contributed by atoms with Crippen molar-refractivity contribution in [3.05, 3.63) is 29.8 Å². The zero-order valence-electron chi connectivity index (χ0n) is 9.50. The van der Waals surface area contributed by atoms with Crippen LogP contribution < -0.4 is 0 Å². The predicted molar refractivity (Wildman–Crippen MR) is 66.6 cm³/mol. The fourth-order valence-corrected chi connectivity index (χ4v) is 2.42. The van der Waals surface area contributed by atoms with Gasteiger partial charge in [0.15, 0.2) is 0 Å². The zero-order valence-corrected chi connectivity index (χ0v) is 10.3. The molecule has 0 bridgehead atoms. The molecule has 0 atom stereocenters. The third kappa shape index (κ3) is 2.16. The second-order valence-corrected chi connectivity index (χ2v) is 4.95. The van der Waals surface area contributed by atoms with E-state index < -0.39 is 0 Å². The highest BCUT2D eigenvalue weighted by molar-refractivity contribution is 6.16. The van der Waals surface area contributed by atoms with Crippen LogP contribution in [0.2, 0.25) is 0 Å². The van der Waals surface area contributed by atoms with E-state index in [1.807, 2.05) is 0 Å². The van der Waals surface area contributed by atoms with Crippen LogP contribution in [0.25, 0.3) is 11.0 Å². The Bertz CT molecular complexity index is 546. The first kappa shape index (κ1) is 11.0. The van der Waals surface area contributed by atoms with Crippen molar-refractivity contribution in [2.75, 3.05) is 0 Å². The summed E-state index contributed by atoms with van der Waals surface area (Å²) in [6, 6.07) is 4.71. The molecule has 0 spiro atoms. The molecule has 0 saturated heterocycles. The average Bonchev–Trinajstić information content (AvgIpc) is 3.08. The van der Waals surface area contributed by atoms with Crippen molar-refractivity contribution in [1.29, 1.82) is 0 Å². The van der Waals surface area contributed by atoms with Crippen molar-refractivity contribution in [3.63, 3.8) is 0 Å². The van der Waals surface area contributed by atoms with Crippen LogP contribution in [0.1, 0.15) is 25.1 Å². The molecule has 17 heavy (non-hydrogen) atoms. The smallest absolute Gasteiger partial charge is 0.125 e. The molecule has 1 fully saturated rings. The molecule has 1 aliphatic rings. The van der Waals surface area contributed by atoms with Gasteiger partial charge in [-0.15, -0.1) is 11.6 Å². The SMILES string of the molecule is Fc1ccc2nc(CCl)n(CCC3CC3)c2c1. The molecule has 0 unspecified atom stereocenters. The predicted octanol–water partition coefficient (Wildman–Crippen LogP) is 3.71. The lowest BCUT2D eigenvalue weighted by Crippen LogP contribution is -2.03. The Morgan fingerprint density at radius 3 is 2.94 bits per heavy atom. The summed E-state index contributed by atoms with van der Waals surface area (Å²) < 4.78 is 15.3. The number of rotatable bonds is 4. The molecule has 2 nitrogen and oxygen atoms in total. The molecular formula is C13H14ClFN2. The van der Waals surface area contributed by atoms with Crippen LogP contribution in [0.3, 0.4) is 0 Å². The Labute approximate surface area is 104 Å². The van der Waals surface area contributed by atoms with Gasteiger partial charge in [0.25, 0.3) is 0 Å². The first-order valence-corrected chi connectivity index (χ1v) is 6.52. The number of halogens is 2. The Morgan fingerprint density at radius 2 is 2.24 bits per heavy atom. The maximum atomic E-state index is 13.3. The summed E-state index contributed by atoms with van der Waals surface area (Å²) in [4.78, 5) is 4.43. The van der Waals surface area contributed by atoms with Crippen molar-refractivity contribution < 1.29 is 4.39 Å². The number of alkyl halides is 1. The second-order valence-electron chi connectivity index (χ2n) is 4.68. The Hall–Kier alpha value is -1.09. The van der Waals surface area contributed by atoms with Gasteiger partial charge < -0.3 is 4.57 Å². The molecule has 1 aromatic carbocycles. The molecule has 1 aromatic heterocycles. The van der Waals surface area contributed by atoms with Gasteiger partial charge in [0.1, 0.15) is 11.6 Å². The fourth-order valence-electron chi connectivity index (χ4n) is 2.22. The summed E-state index contributed by atoms with van der Waals surface area (Å²) in [5, 5.41) is 0. The third-order valence-corrected chi connectivity index (χ3v) is 3.61. The van der Waals surface area contributed by atoms with Crippen LogP contribution in [-0.2, 0) is 12.4 Å². The average molecular weight is 253 g/mol. The van der Waals surface area contributed by atoms with Crippen LogP contribution >= 0.6 is 11.6 Å². The van der Waals surface area contributed by atoms with Crippen molar-refractivity contribution >= 4 is 22.6 Å². The molecule has 0 amide bonds. The van der Waals surface area contributed by atoms with E-state index in [0.29, 0.717) is 5.88 Å². The second kappa shape index (κ2) is 4.30. The Kier molecular flexibility index (Phi) is 2.79. The molecule has 90 valence electrons. The van der Waals surface area contributed by atoms with E-state index >= 15 is 0 Å². The highest BCUT2D eigenvalue weighted by atomic mass is 35.5. The highest BCUT2D eigenvalue weighted by Gasteiger charge is 2.21. The van der Waals surface area contributed by atoms with Gasteiger partial charge in [-0.05, 0) is 30.5 Å². The lowest BCUT2D eigenvalue weighted by molar-refractivity contribution is 0.591. The zero-order chi connectivity index (χ0) is 11.8. The monoisotopic (exact) mass is 252 g/mol. The normalized spacial score (nSPS) is 15.6. The molecule has 0 radical (unpaired) electrons. The van der Waals surface area contributed by atoms with Gasteiger partial charge in [-0.2, -0.15) is 0 Å². The van der Waals surface area contributed by atoms with Crippen LogP contribution in [0.5, 0.6) is 0 Å². The van der Waals surface area contributed by atoms with Gasteiger partial charge >= 0.3 is 0 Å². The minimum atomic E-state index is -0.216. The first-order chi connectivity index (χ1) is 8.28. The van der Waals surface area contributed by atoms with Gasteiger partial charge in [-0.3, -0.25) is 0 Å². The number of fused-ring (bicyclic) bond motifs is 1. The van der Waals surface area contributed by atoms with E-state index in [1.54, 1.807) is 12.1 Å². The maximum absolute atomic E-state index is 13.3. The lowest BCUT2D eigenvalue weighted by atomic mass is 10.2. The minimum Gasteiger partial charge on any atom is -0.327 e. The first-order valence-electron chi connectivity index (χ1n) is 5.98. The summed E-state index contributed by atoms with van der Waals surface area (Å²) >= 11 is 5.90. The summed E-state index contributed by atoms with van der Waals surface area (Å²) in [5.74, 6) is 1.85. The third-order valence-electron chi connectivity index (χ3n) is 3.37. The van der Waals surface area contributed by atoms with E-state index in [4.69, 9.17) is 11.6 Å². The molecule has 0 N–H and O–H groups in total. The van der Waals surface area contributed by atoms with Gasteiger partial charge in [0.2, 0.25) is 0 Å². The molecular weight excluding hydrogens is 239 g/mol. The van der Waals surface area contributed by atoms with Gasteiger partial charge in [-0.25, -0.2) is 9.37 Å². The topological polar surface area (TPSA) is 17.8 Å². The van der Waals surface area contributed by atoms with E-state index in [2.05, 4.69) is 9.55 Å². The van der Waals surface area contributed by atoms with Gasteiger partial charge in [-0.1, -0.05) is 12.8 Å². The van der Waals surface area contributed by atoms with E-state index in [0.717, 1.165) is 35.7 Å². The Balaban J connectivity index is 2.00. The maximum Gasteiger partial charge on any atom is 0.125 e. The Morgan fingerprint density at radius 1 is 1.41 bits per heavy atom. The van der Waals surface area contributed by atoms with Crippen molar-refractivity contribution in [2.45, 2.75) is 31.7 Å². The van der Waals surface area contributed by atoms with Gasteiger partial charge in [0, 0.05) is 6.54 Å². The number of benzene rings is 1. The number of hydrogen-bond donors (Lipinski definition) is 0. The fraction of sp³-hybridized carbons (Fsp3) is 0.462. The molecule has 2 aromatic rings. The summed E-state index contributed by atoms with van der Waals surface area (Å²) in [6.45, 7) is 0.896. The number of aryl methyl sites for hydroxylation is 1. The standard InChI is InChI=1S/C13H14ClFN2/c14-8-13-16-11-4-3-10(15)7-12(11)17(13)6-5-9-1-2-9/h3-4,7,9H,1-2,5-6,8H2. The molecule has 1 aliphatic carbocycles.